The molecule has 0 rings (SSSR count). The highest BCUT2D eigenvalue weighted by molar-refractivity contribution is 7.54. The summed E-state index contributed by atoms with van der Waals surface area (Å²) in [5, 5.41) is 0. The van der Waals surface area contributed by atoms with Crippen molar-refractivity contribution in [3.05, 3.63) is 12.2 Å². The minimum Gasteiger partial charge on any atom is -0.295 e. The average Bonchev–Trinajstić information content (AvgIpc) is 2.25. The van der Waals surface area contributed by atoms with Gasteiger partial charge in [0.25, 0.3) is 0 Å². The molecule has 0 aromatic carbocycles. The van der Waals surface area contributed by atoms with E-state index in [9.17, 15) is 4.57 Å². The molecule has 0 saturated heterocycles. The molecule has 0 bridgehead atoms. The summed E-state index contributed by atoms with van der Waals surface area (Å²) in [6.07, 6.45) is 11.1. The van der Waals surface area contributed by atoms with E-state index < -0.39 is 13.2 Å². The molecule has 0 heterocycles. The molecule has 0 aliphatic heterocycles. The second-order valence-corrected chi connectivity index (χ2v) is 6.00. The maximum atomic E-state index is 12.4. The van der Waals surface area contributed by atoms with Crippen LogP contribution in [0.4, 0.5) is 0 Å². The van der Waals surface area contributed by atoms with E-state index in [1.54, 1.807) is 13.8 Å². The molecule has 2 atom stereocenters. The third kappa shape index (κ3) is 5.76. The summed E-state index contributed by atoms with van der Waals surface area (Å²) in [6.45, 7) is 8.91. The predicted molar refractivity (Wildman–Crippen MR) is 70.7 cm³/mol. The van der Waals surface area contributed by atoms with Crippen molar-refractivity contribution in [2.45, 2.75) is 32.8 Å². The fraction of sp³-hybridized carbons (Fsp3) is 0.538. The Morgan fingerprint density at radius 1 is 1.53 bits per heavy atom. The lowest BCUT2D eigenvalue weighted by Crippen LogP contribution is -2.25. The van der Waals surface area contributed by atoms with E-state index in [1.165, 1.54) is 0 Å². The first-order chi connectivity index (χ1) is 7.81. The van der Waals surface area contributed by atoms with Crippen molar-refractivity contribution in [1.29, 1.82) is 0 Å². The molecule has 17 heavy (non-hydrogen) atoms. The number of hydrogen-bond donors (Lipinski definition) is 0. The molecule has 0 saturated carbocycles. The minimum atomic E-state index is -3.33. The van der Waals surface area contributed by atoms with Crippen molar-refractivity contribution in [2.75, 3.05) is 12.8 Å². The van der Waals surface area contributed by atoms with Crippen LogP contribution in [0.15, 0.2) is 12.2 Å². The van der Waals surface area contributed by atoms with E-state index in [0.29, 0.717) is 12.0 Å². The van der Waals surface area contributed by atoms with Crippen LogP contribution in [-0.4, -0.2) is 18.4 Å². The maximum Gasteiger partial charge on any atom is 0.337 e. The van der Waals surface area contributed by atoms with Crippen LogP contribution in [-0.2, 0) is 13.6 Å². The molecule has 0 spiro atoms. The Morgan fingerprint density at radius 3 is 2.47 bits per heavy atom. The highest BCUT2D eigenvalue weighted by Crippen LogP contribution is 2.53. The summed E-state index contributed by atoms with van der Waals surface area (Å²) in [5.74, 6) is 4.74. The molecule has 0 aromatic heterocycles. The molecule has 3 nitrogen and oxygen atoms in total. The van der Waals surface area contributed by atoms with Crippen LogP contribution in [0.2, 0.25) is 0 Å². The summed E-state index contributed by atoms with van der Waals surface area (Å²) in [5.41, 5.74) is -0.222. The molecule has 0 aromatic rings. The van der Waals surface area contributed by atoms with Crippen molar-refractivity contribution < 1.29 is 13.6 Å². The highest BCUT2D eigenvalue weighted by Gasteiger charge is 2.34. The second kappa shape index (κ2) is 6.67. The highest BCUT2D eigenvalue weighted by atomic mass is 31.2. The first kappa shape index (κ1) is 16.0. The van der Waals surface area contributed by atoms with Crippen LogP contribution in [0, 0.1) is 24.7 Å². The number of hydrogen-bond acceptors (Lipinski definition) is 3. The van der Waals surface area contributed by atoms with Crippen LogP contribution in [0.25, 0.3) is 0 Å². The standard InChI is InChI=1S/C13H19O3P/c1-7-10-15-17(14,11-12(4)5)16-13(6,8-2)9-3/h1-2H,4,9-11H2,3,5-6H3. The lowest BCUT2D eigenvalue weighted by molar-refractivity contribution is 0.113. The predicted octanol–water partition coefficient (Wildman–Crippen LogP) is 3.22. The molecule has 0 aliphatic rings. The number of terminal acetylenes is 2. The Bertz CT molecular complexity index is 400. The maximum absolute atomic E-state index is 12.4. The van der Waals surface area contributed by atoms with Gasteiger partial charge in [-0.15, -0.1) is 12.8 Å². The molecular formula is C13H19O3P. The van der Waals surface area contributed by atoms with Gasteiger partial charge in [0.1, 0.15) is 12.2 Å². The van der Waals surface area contributed by atoms with Crippen molar-refractivity contribution in [1.82, 2.24) is 0 Å². The zero-order chi connectivity index (χ0) is 13.5. The average molecular weight is 254 g/mol. The van der Waals surface area contributed by atoms with Gasteiger partial charge in [0.15, 0.2) is 0 Å². The fourth-order valence-electron chi connectivity index (χ4n) is 1.07. The van der Waals surface area contributed by atoms with Crippen molar-refractivity contribution in [3.63, 3.8) is 0 Å². The molecular weight excluding hydrogens is 235 g/mol. The van der Waals surface area contributed by atoms with Gasteiger partial charge in [-0.3, -0.25) is 13.6 Å². The Morgan fingerprint density at radius 2 is 2.12 bits per heavy atom. The summed E-state index contributed by atoms with van der Waals surface area (Å²) in [6, 6.07) is 0. The van der Waals surface area contributed by atoms with Gasteiger partial charge in [-0.25, -0.2) is 0 Å². The van der Waals surface area contributed by atoms with E-state index in [1.807, 2.05) is 6.92 Å². The molecule has 2 unspecified atom stereocenters. The lowest BCUT2D eigenvalue weighted by Gasteiger charge is -2.28. The Balaban J connectivity index is 4.95. The monoisotopic (exact) mass is 254 g/mol. The van der Waals surface area contributed by atoms with Gasteiger partial charge in [0, 0.05) is 0 Å². The molecule has 94 valence electrons. The van der Waals surface area contributed by atoms with Gasteiger partial charge in [-0.2, -0.15) is 0 Å². The quantitative estimate of drug-likeness (QED) is 0.397. The minimum absolute atomic E-state index is 0.0745. The van der Waals surface area contributed by atoms with Crippen LogP contribution >= 0.6 is 7.60 Å². The lowest BCUT2D eigenvalue weighted by atomic mass is 10.1. The van der Waals surface area contributed by atoms with Gasteiger partial charge in [-0.05, 0) is 20.3 Å². The Labute approximate surface area is 104 Å². The Kier molecular flexibility index (Phi) is 6.29. The number of rotatable bonds is 7. The summed E-state index contributed by atoms with van der Waals surface area (Å²) in [4.78, 5) is 0. The van der Waals surface area contributed by atoms with Gasteiger partial charge in [0.05, 0.1) is 6.16 Å². The van der Waals surface area contributed by atoms with Gasteiger partial charge in [0.2, 0.25) is 0 Å². The van der Waals surface area contributed by atoms with Crippen LogP contribution < -0.4 is 0 Å². The summed E-state index contributed by atoms with van der Waals surface area (Å²) >= 11 is 0. The molecule has 4 heteroatoms. The van der Waals surface area contributed by atoms with Gasteiger partial charge < -0.3 is 0 Å². The van der Waals surface area contributed by atoms with Gasteiger partial charge >= 0.3 is 7.60 Å². The zero-order valence-corrected chi connectivity index (χ0v) is 11.5. The molecule has 0 fully saturated rings. The van der Waals surface area contributed by atoms with E-state index in [0.717, 1.165) is 0 Å². The van der Waals surface area contributed by atoms with Crippen LogP contribution in [0.1, 0.15) is 27.2 Å². The van der Waals surface area contributed by atoms with E-state index in [-0.39, 0.29) is 12.8 Å². The summed E-state index contributed by atoms with van der Waals surface area (Å²) in [7, 11) is -3.33. The topological polar surface area (TPSA) is 35.5 Å². The second-order valence-electron chi connectivity index (χ2n) is 4.02. The zero-order valence-electron chi connectivity index (χ0n) is 10.7. The number of allylic oxidation sites excluding steroid dienone is 1. The summed E-state index contributed by atoms with van der Waals surface area (Å²) < 4.78 is 23.0. The van der Waals surface area contributed by atoms with Crippen molar-refractivity contribution in [2.24, 2.45) is 0 Å². The molecule has 0 aliphatic carbocycles. The van der Waals surface area contributed by atoms with E-state index >= 15 is 0 Å². The SMILES string of the molecule is C#CCOP(=O)(CC(=C)C)OC(C)(C#C)CC. The van der Waals surface area contributed by atoms with E-state index in [2.05, 4.69) is 18.4 Å². The smallest absolute Gasteiger partial charge is 0.295 e. The Hall–Kier alpha value is -0.990. The molecule has 0 radical (unpaired) electrons. The van der Waals surface area contributed by atoms with Crippen molar-refractivity contribution >= 4 is 7.60 Å². The van der Waals surface area contributed by atoms with E-state index in [4.69, 9.17) is 21.9 Å². The van der Waals surface area contributed by atoms with Crippen LogP contribution in [0.5, 0.6) is 0 Å². The van der Waals surface area contributed by atoms with Crippen LogP contribution in [0.3, 0.4) is 0 Å². The normalized spacial score (nSPS) is 17.2. The fourth-order valence-corrected chi connectivity index (χ4v) is 3.01. The largest absolute Gasteiger partial charge is 0.337 e. The molecule has 0 N–H and O–H groups in total. The third-order valence-corrected chi connectivity index (χ3v) is 4.26. The van der Waals surface area contributed by atoms with Gasteiger partial charge in [-0.1, -0.05) is 30.9 Å². The van der Waals surface area contributed by atoms with Crippen molar-refractivity contribution in [3.8, 4) is 24.7 Å². The third-order valence-electron chi connectivity index (χ3n) is 2.13. The first-order valence-corrected chi connectivity index (χ1v) is 7.03. The first-order valence-electron chi connectivity index (χ1n) is 5.31. The molecule has 0 amide bonds.